The summed E-state index contributed by atoms with van der Waals surface area (Å²) in [7, 11) is 2.02. The van der Waals surface area contributed by atoms with Crippen molar-refractivity contribution in [1.82, 2.24) is 15.2 Å². The Kier molecular flexibility index (Phi) is 5.94. The minimum Gasteiger partial charge on any atom is -0.320 e. The number of nitrogens with zero attached hydrogens (tertiary/aromatic N) is 2. The standard InChI is InChI=1S/C14H24N4OS/c1-11(19)16-14-17-13(10-20-14)9-18-7-4-12(5-8-18)3-6-15-2/h10,12,15H,3-9H2,1-2H3,(H,16,17,19). The van der Waals surface area contributed by atoms with E-state index in [0.29, 0.717) is 5.13 Å². The van der Waals surface area contributed by atoms with Crippen molar-refractivity contribution in [1.29, 1.82) is 0 Å². The molecule has 1 saturated heterocycles. The molecule has 0 spiro atoms. The quantitative estimate of drug-likeness (QED) is 0.842. The van der Waals surface area contributed by atoms with Crippen LogP contribution >= 0.6 is 11.3 Å². The molecule has 1 fully saturated rings. The van der Waals surface area contributed by atoms with E-state index in [1.807, 2.05) is 12.4 Å². The first-order valence-corrected chi connectivity index (χ1v) is 8.14. The van der Waals surface area contributed by atoms with Crippen LogP contribution in [-0.2, 0) is 11.3 Å². The minimum absolute atomic E-state index is 0.0590. The van der Waals surface area contributed by atoms with Gasteiger partial charge in [-0.2, -0.15) is 0 Å². The monoisotopic (exact) mass is 296 g/mol. The van der Waals surface area contributed by atoms with Gasteiger partial charge >= 0.3 is 0 Å². The molecule has 2 heterocycles. The van der Waals surface area contributed by atoms with Crippen LogP contribution in [-0.4, -0.2) is 42.5 Å². The number of carbonyl (C=O) groups is 1. The largest absolute Gasteiger partial charge is 0.320 e. The molecule has 2 N–H and O–H groups in total. The van der Waals surface area contributed by atoms with Crippen LogP contribution < -0.4 is 10.6 Å². The highest BCUT2D eigenvalue weighted by Gasteiger charge is 2.19. The van der Waals surface area contributed by atoms with Gasteiger partial charge in [0.15, 0.2) is 5.13 Å². The summed E-state index contributed by atoms with van der Waals surface area (Å²) in [5, 5.41) is 8.71. The fraction of sp³-hybridized carbons (Fsp3) is 0.714. The van der Waals surface area contributed by atoms with Gasteiger partial charge < -0.3 is 10.6 Å². The number of anilines is 1. The average Bonchev–Trinajstić information content (AvgIpc) is 2.84. The zero-order chi connectivity index (χ0) is 14.4. The van der Waals surface area contributed by atoms with E-state index in [0.717, 1.165) is 37.8 Å². The van der Waals surface area contributed by atoms with Crippen molar-refractivity contribution in [2.75, 3.05) is 32.0 Å². The van der Waals surface area contributed by atoms with Crippen LogP contribution in [0.25, 0.3) is 0 Å². The topological polar surface area (TPSA) is 57.3 Å². The van der Waals surface area contributed by atoms with Crippen LogP contribution in [0.1, 0.15) is 31.9 Å². The first kappa shape index (κ1) is 15.4. The average molecular weight is 296 g/mol. The van der Waals surface area contributed by atoms with E-state index >= 15 is 0 Å². The summed E-state index contributed by atoms with van der Waals surface area (Å²) in [6.45, 7) is 5.84. The molecule has 1 aromatic rings. The number of rotatable bonds is 6. The Morgan fingerprint density at radius 2 is 2.25 bits per heavy atom. The molecule has 112 valence electrons. The van der Waals surface area contributed by atoms with E-state index in [1.54, 1.807) is 0 Å². The maximum Gasteiger partial charge on any atom is 0.223 e. The fourth-order valence-electron chi connectivity index (χ4n) is 2.60. The number of thiazole rings is 1. The summed E-state index contributed by atoms with van der Waals surface area (Å²) in [6, 6.07) is 0. The molecule has 0 radical (unpaired) electrons. The molecule has 20 heavy (non-hydrogen) atoms. The molecular formula is C14H24N4OS. The molecule has 1 amide bonds. The highest BCUT2D eigenvalue weighted by atomic mass is 32.1. The number of hydrogen-bond acceptors (Lipinski definition) is 5. The summed E-state index contributed by atoms with van der Waals surface area (Å²) in [6.07, 6.45) is 3.85. The summed E-state index contributed by atoms with van der Waals surface area (Å²) < 4.78 is 0. The lowest BCUT2D eigenvalue weighted by Gasteiger charge is -2.31. The van der Waals surface area contributed by atoms with Crippen LogP contribution in [0.5, 0.6) is 0 Å². The molecule has 1 aromatic heterocycles. The molecule has 0 atom stereocenters. The normalized spacial score (nSPS) is 17.3. The second-order valence-electron chi connectivity index (χ2n) is 5.44. The van der Waals surface area contributed by atoms with Crippen molar-refractivity contribution >= 4 is 22.4 Å². The number of nitrogens with one attached hydrogen (secondary N) is 2. The van der Waals surface area contributed by atoms with Gasteiger partial charge in [-0.1, -0.05) is 0 Å². The number of aromatic nitrogens is 1. The van der Waals surface area contributed by atoms with Gasteiger partial charge in [-0.25, -0.2) is 4.98 Å². The van der Waals surface area contributed by atoms with Crippen molar-refractivity contribution in [2.45, 2.75) is 32.7 Å². The summed E-state index contributed by atoms with van der Waals surface area (Å²) in [4.78, 5) is 17.9. The molecule has 5 nitrogen and oxygen atoms in total. The molecular weight excluding hydrogens is 272 g/mol. The molecule has 6 heteroatoms. The number of carbonyl (C=O) groups excluding carboxylic acids is 1. The molecule has 1 aliphatic rings. The fourth-order valence-corrected chi connectivity index (χ4v) is 3.35. The Morgan fingerprint density at radius 3 is 2.90 bits per heavy atom. The molecule has 1 aliphatic heterocycles. The lowest BCUT2D eigenvalue weighted by atomic mass is 9.93. The predicted octanol–water partition coefficient (Wildman–Crippen LogP) is 1.92. The van der Waals surface area contributed by atoms with Gasteiger partial charge in [-0.05, 0) is 51.9 Å². The van der Waals surface area contributed by atoms with E-state index in [9.17, 15) is 4.79 Å². The third-order valence-electron chi connectivity index (χ3n) is 3.73. The van der Waals surface area contributed by atoms with Gasteiger partial charge in [-0.15, -0.1) is 11.3 Å². The Balaban J connectivity index is 1.75. The Labute approximate surface area is 124 Å². The van der Waals surface area contributed by atoms with Crippen molar-refractivity contribution in [3.05, 3.63) is 11.1 Å². The van der Waals surface area contributed by atoms with Crippen LogP contribution in [0, 0.1) is 5.92 Å². The number of likely N-dealkylation sites (tertiary alicyclic amines) is 1. The van der Waals surface area contributed by atoms with Crippen molar-refractivity contribution in [3.63, 3.8) is 0 Å². The number of amides is 1. The van der Waals surface area contributed by atoms with E-state index in [2.05, 4.69) is 20.5 Å². The Bertz CT molecular complexity index is 427. The first-order chi connectivity index (χ1) is 9.67. The van der Waals surface area contributed by atoms with Crippen LogP contribution in [0.15, 0.2) is 5.38 Å². The van der Waals surface area contributed by atoms with Crippen molar-refractivity contribution < 1.29 is 4.79 Å². The molecule has 2 rings (SSSR count). The lowest BCUT2D eigenvalue weighted by Crippen LogP contribution is -2.34. The third kappa shape index (κ3) is 4.85. The van der Waals surface area contributed by atoms with Gasteiger partial charge in [0.1, 0.15) is 0 Å². The molecule has 0 saturated carbocycles. The van der Waals surface area contributed by atoms with E-state index in [-0.39, 0.29) is 5.91 Å². The summed E-state index contributed by atoms with van der Waals surface area (Å²) in [5.74, 6) is 0.806. The van der Waals surface area contributed by atoms with Crippen LogP contribution in [0.2, 0.25) is 0 Å². The second kappa shape index (κ2) is 7.71. The van der Waals surface area contributed by atoms with Gasteiger partial charge in [0, 0.05) is 18.8 Å². The zero-order valence-electron chi connectivity index (χ0n) is 12.3. The van der Waals surface area contributed by atoms with Crippen molar-refractivity contribution in [3.8, 4) is 0 Å². The number of hydrogen-bond donors (Lipinski definition) is 2. The highest BCUT2D eigenvalue weighted by Crippen LogP contribution is 2.22. The minimum atomic E-state index is -0.0590. The second-order valence-corrected chi connectivity index (χ2v) is 6.30. The van der Waals surface area contributed by atoms with E-state index in [1.165, 1.54) is 37.5 Å². The molecule has 0 aromatic carbocycles. The van der Waals surface area contributed by atoms with Gasteiger partial charge in [0.05, 0.1) is 5.69 Å². The van der Waals surface area contributed by atoms with E-state index < -0.39 is 0 Å². The molecule has 0 unspecified atom stereocenters. The lowest BCUT2D eigenvalue weighted by molar-refractivity contribution is -0.114. The van der Waals surface area contributed by atoms with Crippen LogP contribution in [0.4, 0.5) is 5.13 Å². The highest BCUT2D eigenvalue weighted by molar-refractivity contribution is 7.13. The number of piperidine rings is 1. The molecule has 0 bridgehead atoms. The predicted molar refractivity (Wildman–Crippen MR) is 83.0 cm³/mol. The zero-order valence-corrected chi connectivity index (χ0v) is 13.1. The van der Waals surface area contributed by atoms with Gasteiger partial charge in [0.2, 0.25) is 5.91 Å². The smallest absolute Gasteiger partial charge is 0.223 e. The molecule has 0 aliphatic carbocycles. The Morgan fingerprint density at radius 1 is 1.50 bits per heavy atom. The maximum absolute atomic E-state index is 11.0. The van der Waals surface area contributed by atoms with Gasteiger partial charge in [-0.3, -0.25) is 9.69 Å². The first-order valence-electron chi connectivity index (χ1n) is 7.26. The summed E-state index contributed by atoms with van der Waals surface area (Å²) >= 11 is 1.50. The van der Waals surface area contributed by atoms with Gasteiger partial charge in [0.25, 0.3) is 0 Å². The van der Waals surface area contributed by atoms with Crippen LogP contribution in [0.3, 0.4) is 0 Å². The summed E-state index contributed by atoms with van der Waals surface area (Å²) in [5.41, 5.74) is 1.06. The maximum atomic E-state index is 11.0. The van der Waals surface area contributed by atoms with E-state index in [4.69, 9.17) is 0 Å². The third-order valence-corrected chi connectivity index (χ3v) is 4.54. The SMILES string of the molecule is CNCCC1CCN(Cc2csc(NC(C)=O)n2)CC1. The Hall–Kier alpha value is -0.980. The van der Waals surface area contributed by atoms with Crippen molar-refractivity contribution in [2.24, 2.45) is 5.92 Å².